The van der Waals surface area contributed by atoms with E-state index >= 15 is 0 Å². The van der Waals surface area contributed by atoms with Crippen molar-refractivity contribution < 1.29 is 0 Å². The van der Waals surface area contributed by atoms with Crippen LogP contribution in [0, 0.1) is 0 Å². The molecule has 110 valence electrons. The van der Waals surface area contributed by atoms with Gasteiger partial charge >= 0.3 is 0 Å². The van der Waals surface area contributed by atoms with Gasteiger partial charge in [-0.15, -0.1) is 0 Å². The van der Waals surface area contributed by atoms with Crippen LogP contribution < -0.4 is 5.32 Å². The molecule has 0 atom stereocenters. The first-order chi connectivity index (χ1) is 10.9. The molecule has 3 rings (SSSR count). The quantitative estimate of drug-likeness (QED) is 0.744. The lowest BCUT2D eigenvalue weighted by molar-refractivity contribution is 0.966. The average Bonchev–Trinajstić information content (AvgIpc) is 2.61. The molecule has 0 unspecified atom stereocenters. The number of rotatable bonds is 5. The van der Waals surface area contributed by atoms with Crippen LogP contribution in [0.4, 0.5) is 5.82 Å². The van der Waals surface area contributed by atoms with E-state index in [-0.39, 0.29) is 0 Å². The summed E-state index contributed by atoms with van der Waals surface area (Å²) in [6.45, 7) is 3.05. The van der Waals surface area contributed by atoms with E-state index in [2.05, 4.69) is 29.4 Å². The minimum atomic E-state index is 0.751. The fourth-order valence-electron chi connectivity index (χ4n) is 2.26. The van der Waals surface area contributed by atoms with Crippen molar-refractivity contribution in [3.63, 3.8) is 0 Å². The number of nitrogens with zero attached hydrogens (tertiary/aromatic N) is 2. The van der Waals surface area contributed by atoms with Gasteiger partial charge < -0.3 is 5.32 Å². The number of hydrogen-bond acceptors (Lipinski definition) is 3. The smallest absolute Gasteiger partial charge is 0.162 e. The van der Waals surface area contributed by atoms with E-state index in [9.17, 15) is 0 Å². The van der Waals surface area contributed by atoms with Crippen molar-refractivity contribution in [1.82, 2.24) is 9.97 Å². The molecule has 0 saturated carbocycles. The molecule has 0 radical (unpaired) electrons. The molecule has 0 aliphatic carbocycles. The average molecular weight is 289 g/mol. The molecule has 0 amide bonds. The zero-order valence-electron chi connectivity index (χ0n) is 12.7. The molecule has 1 aromatic heterocycles. The van der Waals surface area contributed by atoms with Crippen molar-refractivity contribution in [3.05, 3.63) is 66.7 Å². The zero-order chi connectivity index (χ0) is 15.2. The molecular formula is C19H19N3. The lowest BCUT2D eigenvalue weighted by atomic mass is 10.1. The van der Waals surface area contributed by atoms with Crippen molar-refractivity contribution >= 4 is 5.82 Å². The minimum absolute atomic E-state index is 0.751. The van der Waals surface area contributed by atoms with E-state index in [4.69, 9.17) is 4.98 Å². The highest BCUT2D eigenvalue weighted by molar-refractivity contribution is 5.67. The molecule has 0 spiro atoms. The van der Waals surface area contributed by atoms with Crippen LogP contribution in [0.5, 0.6) is 0 Å². The predicted octanol–water partition coefficient (Wildman–Crippen LogP) is 4.63. The number of nitrogens with one attached hydrogen (secondary N) is 1. The van der Waals surface area contributed by atoms with E-state index in [1.54, 1.807) is 0 Å². The molecule has 0 saturated heterocycles. The van der Waals surface area contributed by atoms with Crippen LogP contribution in [0.1, 0.15) is 13.3 Å². The second-order valence-corrected chi connectivity index (χ2v) is 5.12. The molecule has 1 heterocycles. The number of hydrogen-bond donors (Lipinski definition) is 1. The van der Waals surface area contributed by atoms with Crippen LogP contribution in [0.25, 0.3) is 22.6 Å². The maximum atomic E-state index is 4.73. The Morgan fingerprint density at radius 3 is 2.09 bits per heavy atom. The Bertz CT molecular complexity index is 666. The summed E-state index contributed by atoms with van der Waals surface area (Å²) in [5, 5.41) is 3.36. The van der Waals surface area contributed by atoms with Crippen molar-refractivity contribution in [2.75, 3.05) is 11.9 Å². The molecule has 0 fully saturated rings. The summed E-state index contributed by atoms with van der Waals surface area (Å²) in [6, 6.07) is 22.3. The van der Waals surface area contributed by atoms with E-state index in [1.165, 1.54) is 0 Å². The third kappa shape index (κ3) is 3.31. The number of anilines is 1. The Kier molecular flexibility index (Phi) is 4.44. The van der Waals surface area contributed by atoms with Crippen LogP contribution in [0.2, 0.25) is 0 Å². The molecule has 3 nitrogen and oxygen atoms in total. The minimum Gasteiger partial charge on any atom is -0.370 e. The SMILES string of the molecule is CCCNc1cc(-c2ccccc2)nc(-c2ccccc2)n1. The van der Waals surface area contributed by atoms with Gasteiger partial charge in [0.15, 0.2) is 5.82 Å². The highest BCUT2D eigenvalue weighted by Crippen LogP contribution is 2.24. The molecule has 1 N–H and O–H groups in total. The lowest BCUT2D eigenvalue weighted by Crippen LogP contribution is -2.04. The van der Waals surface area contributed by atoms with Gasteiger partial charge in [-0.2, -0.15) is 0 Å². The standard InChI is InChI=1S/C19H19N3/c1-2-13-20-18-14-17(15-9-5-3-6-10-15)21-19(22-18)16-11-7-4-8-12-16/h3-12,14H,2,13H2,1H3,(H,20,21,22). The molecule has 3 heteroatoms. The summed E-state index contributed by atoms with van der Waals surface area (Å²) in [6.07, 6.45) is 1.06. The van der Waals surface area contributed by atoms with Gasteiger partial charge in [-0.25, -0.2) is 9.97 Å². The summed E-state index contributed by atoms with van der Waals surface area (Å²) in [4.78, 5) is 9.38. The molecular weight excluding hydrogens is 270 g/mol. The predicted molar refractivity (Wildman–Crippen MR) is 91.7 cm³/mol. The summed E-state index contributed by atoms with van der Waals surface area (Å²) in [5.74, 6) is 1.62. The fourth-order valence-corrected chi connectivity index (χ4v) is 2.26. The first-order valence-corrected chi connectivity index (χ1v) is 7.60. The van der Waals surface area contributed by atoms with Crippen molar-refractivity contribution in [3.8, 4) is 22.6 Å². The molecule has 22 heavy (non-hydrogen) atoms. The van der Waals surface area contributed by atoms with Gasteiger partial charge in [0.1, 0.15) is 5.82 Å². The van der Waals surface area contributed by atoms with Crippen LogP contribution in [-0.4, -0.2) is 16.5 Å². The maximum Gasteiger partial charge on any atom is 0.162 e. The first-order valence-electron chi connectivity index (χ1n) is 7.60. The van der Waals surface area contributed by atoms with Gasteiger partial charge in [-0.05, 0) is 6.42 Å². The Morgan fingerprint density at radius 1 is 0.818 bits per heavy atom. The highest BCUT2D eigenvalue weighted by atomic mass is 15.0. The molecule has 0 aliphatic heterocycles. The Labute approximate surface area is 131 Å². The van der Waals surface area contributed by atoms with Crippen LogP contribution >= 0.6 is 0 Å². The van der Waals surface area contributed by atoms with Crippen molar-refractivity contribution in [2.45, 2.75) is 13.3 Å². The van der Waals surface area contributed by atoms with Crippen LogP contribution in [0.15, 0.2) is 66.7 Å². The molecule has 2 aromatic carbocycles. The topological polar surface area (TPSA) is 37.8 Å². The van der Waals surface area contributed by atoms with E-state index in [0.717, 1.165) is 41.4 Å². The molecule has 0 aliphatic rings. The number of aromatic nitrogens is 2. The Hall–Kier alpha value is -2.68. The zero-order valence-corrected chi connectivity index (χ0v) is 12.7. The van der Waals surface area contributed by atoms with Crippen LogP contribution in [-0.2, 0) is 0 Å². The summed E-state index contributed by atoms with van der Waals surface area (Å²) < 4.78 is 0. The monoisotopic (exact) mass is 289 g/mol. The van der Waals surface area contributed by atoms with Gasteiger partial charge in [0, 0.05) is 23.7 Å². The van der Waals surface area contributed by atoms with Gasteiger partial charge in [0.25, 0.3) is 0 Å². The first kappa shape index (κ1) is 14.3. The molecule has 0 bridgehead atoms. The second kappa shape index (κ2) is 6.85. The van der Waals surface area contributed by atoms with E-state index < -0.39 is 0 Å². The Balaban J connectivity index is 2.06. The van der Waals surface area contributed by atoms with Crippen molar-refractivity contribution in [1.29, 1.82) is 0 Å². The summed E-state index contributed by atoms with van der Waals surface area (Å²) in [5.41, 5.74) is 3.06. The van der Waals surface area contributed by atoms with Crippen LogP contribution in [0.3, 0.4) is 0 Å². The molecule has 3 aromatic rings. The third-order valence-electron chi connectivity index (χ3n) is 3.38. The maximum absolute atomic E-state index is 4.73. The summed E-state index contributed by atoms with van der Waals surface area (Å²) >= 11 is 0. The van der Waals surface area contributed by atoms with E-state index in [1.807, 2.05) is 54.6 Å². The second-order valence-electron chi connectivity index (χ2n) is 5.12. The lowest BCUT2D eigenvalue weighted by Gasteiger charge is -2.10. The van der Waals surface area contributed by atoms with Gasteiger partial charge in [0.05, 0.1) is 5.69 Å². The van der Waals surface area contributed by atoms with Gasteiger partial charge in [-0.3, -0.25) is 0 Å². The van der Waals surface area contributed by atoms with Gasteiger partial charge in [-0.1, -0.05) is 67.6 Å². The van der Waals surface area contributed by atoms with Crippen molar-refractivity contribution in [2.24, 2.45) is 0 Å². The van der Waals surface area contributed by atoms with Gasteiger partial charge in [0.2, 0.25) is 0 Å². The number of benzene rings is 2. The summed E-state index contributed by atoms with van der Waals surface area (Å²) in [7, 11) is 0. The normalized spacial score (nSPS) is 10.4. The Morgan fingerprint density at radius 2 is 1.45 bits per heavy atom. The fraction of sp³-hybridized carbons (Fsp3) is 0.158. The third-order valence-corrected chi connectivity index (χ3v) is 3.38. The van der Waals surface area contributed by atoms with E-state index in [0.29, 0.717) is 0 Å². The highest BCUT2D eigenvalue weighted by Gasteiger charge is 2.08. The largest absolute Gasteiger partial charge is 0.370 e.